The zero-order valence-electron chi connectivity index (χ0n) is 17.2. The van der Waals surface area contributed by atoms with E-state index in [1.54, 1.807) is 20.8 Å². The monoisotopic (exact) mass is 393 g/mol. The van der Waals surface area contributed by atoms with Crippen LogP contribution >= 0.6 is 0 Å². The van der Waals surface area contributed by atoms with E-state index in [9.17, 15) is 14.4 Å². The summed E-state index contributed by atoms with van der Waals surface area (Å²) in [6.45, 7) is 9.19. The summed E-state index contributed by atoms with van der Waals surface area (Å²) < 4.78 is 10.4. The predicted molar refractivity (Wildman–Crippen MR) is 105 cm³/mol. The van der Waals surface area contributed by atoms with E-state index in [1.807, 2.05) is 44.2 Å². The minimum Gasteiger partial charge on any atom is -0.458 e. The normalized spacial score (nSPS) is 12.1. The molecule has 0 saturated carbocycles. The molecule has 0 aromatic heterocycles. The average Bonchev–Trinajstić information content (AvgIpc) is 2.58. The molecule has 3 N–H and O–H groups in total. The highest BCUT2D eigenvalue weighted by atomic mass is 16.6. The van der Waals surface area contributed by atoms with Gasteiger partial charge in [-0.1, -0.05) is 44.2 Å². The van der Waals surface area contributed by atoms with E-state index in [2.05, 4.69) is 16.0 Å². The van der Waals surface area contributed by atoms with Gasteiger partial charge in [0.15, 0.2) is 0 Å². The van der Waals surface area contributed by atoms with Gasteiger partial charge in [0.25, 0.3) is 0 Å². The number of amides is 3. The van der Waals surface area contributed by atoms with Crippen LogP contribution in [0.4, 0.5) is 9.59 Å². The molecular formula is C20H31N3O5. The third-order valence-corrected chi connectivity index (χ3v) is 3.40. The summed E-state index contributed by atoms with van der Waals surface area (Å²) in [5, 5.41) is 7.47. The van der Waals surface area contributed by atoms with E-state index < -0.39 is 29.7 Å². The van der Waals surface area contributed by atoms with Gasteiger partial charge in [-0.15, -0.1) is 0 Å². The first-order valence-electron chi connectivity index (χ1n) is 9.28. The van der Waals surface area contributed by atoms with Gasteiger partial charge in [-0.3, -0.25) is 0 Å². The number of urea groups is 1. The molecule has 1 rings (SSSR count). The van der Waals surface area contributed by atoms with Crippen LogP contribution in [0.3, 0.4) is 0 Å². The first-order valence-corrected chi connectivity index (χ1v) is 9.28. The largest absolute Gasteiger partial charge is 0.458 e. The maximum Gasteiger partial charge on any atom is 0.408 e. The van der Waals surface area contributed by atoms with E-state index in [-0.39, 0.29) is 19.2 Å². The number of hydrogen-bond donors (Lipinski definition) is 3. The van der Waals surface area contributed by atoms with Gasteiger partial charge in [0.1, 0.15) is 18.2 Å². The molecule has 28 heavy (non-hydrogen) atoms. The lowest BCUT2D eigenvalue weighted by molar-refractivity contribution is -0.157. The van der Waals surface area contributed by atoms with Crippen LogP contribution in [0.25, 0.3) is 0 Å². The maximum absolute atomic E-state index is 12.3. The Morgan fingerprint density at radius 2 is 1.68 bits per heavy atom. The molecule has 0 aliphatic heterocycles. The summed E-state index contributed by atoms with van der Waals surface area (Å²) in [5.74, 6) is -0.310. The third kappa shape index (κ3) is 10.4. The van der Waals surface area contributed by atoms with Crippen molar-refractivity contribution in [3.05, 3.63) is 35.9 Å². The number of ether oxygens (including phenoxy) is 2. The van der Waals surface area contributed by atoms with Crippen LogP contribution in [0.5, 0.6) is 0 Å². The van der Waals surface area contributed by atoms with Gasteiger partial charge in [0, 0.05) is 0 Å². The standard InChI is InChI=1S/C20H31N3O5/c1-14(2)11-16(17(24)28-20(3,4)5)23-18(25)21-13-22-19(26)27-12-15-9-7-6-8-10-15/h6-10,14,16H,11-13H2,1-5H3,(H,22,26)(H2,21,23,25)/t16-/m0/s1. The number of carbonyl (C=O) groups excluding carboxylic acids is 3. The van der Waals surface area contributed by atoms with Gasteiger partial charge < -0.3 is 25.4 Å². The second-order valence-electron chi connectivity index (χ2n) is 7.78. The van der Waals surface area contributed by atoms with E-state index in [4.69, 9.17) is 9.47 Å². The Morgan fingerprint density at radius 3 is 2.25 bits per heavy atom. The van der Waals surface area contributed by atoms with Crippen LogP contribution in [-0.4, -0.2) is 36.4 Å². The fourth-order valence-electron chi connectivity index (χ4n) is 2.24. The van der Waals surface area contributed by atoms with Crippen molar-refractivity contribution < 1.29 is 23.9 Å². The number of benzene rings is 1. The molecule has 0 spiro atoms. The zero-order valence-corrected chi connectivity index (χ0v) is 17.2. The Labute approximate surface area is 166 Å². The van der Waals surface area contributed by atoms with Crippen LogP contribution in [0.1, 0.15) is 46.6 Å². The number of rotatable bonds is 8. The van der Waals surface area contributed by atoms with Crippen molar-refractivity contribution in [1.29, 1.82) is 0 Å². The Morgan fingerprint density at radius 1 is 1.04 bits per heavy atom. The van der Waals surface area contributed by atoms with Crippen LogP contribution < -0.4 is 16.0 Å². The summed E-state index contributed by atoms with van der Waals surface area (Å²) in [7, 11) is 0. The number of hydrogen-bond acceptors (Lipinski definition) is 5. The number of carbonyl (C=O) groups is 3. The lowest BCUT2D eigenvalue weighted by Crippen LogP contribution is -2.50. The van der Waals surface area contributed by atoms with Crippen LogP contribution in [-0.2, 0) is 20.9 Å². The van der Waals surface area contributed by atoms with E-state index >= 15 is 0 Å². The average molecular weight is 393 g/mol. The Balaban J connectivity index is 2.38. The smallest absolute Gasteiger partial charge is 0.408 e. The van der Waals surface area contributed by atoms with Crippen LogP contribution in [0, 0.1) is 5.92 Å². The van der Waals surface area contributed by atoms with Crippen molar-refractivity contribution in [2.75, 3.05) is 6.67 Å². The molecule has 0 bridgehead atoms. The highest BCUT2D eigenvalue weighted by molar-refractivity contribution is 5.83. The van der Waals surface area contributed by atoms with E-state index in [0.717, 1.165) is 5.56 Å². The number of alkyl carbamates (subject to hydrolysis) is 1. The molecule has 0 saturated heterocycles. The molecule has 1 atom stereocenters. The van der Waals surface area contributed by atoms with E-state index in [1.165, 1.54) is 0 Å². The zero-order chi connectivity index (χ0) is 21.2. The molecule has 0 aliphatic rings. The summed E-state index contributed by atoms with van der Waals surface area (Å²) in [5.41, 5.74) is 0.214. The molecule has 0 unspecified atom stereocenters. The highest BCUT2D eigenvalue weighted by Crippen LogP contribution is 2.12. The molecule has 0 heterocycles. The van der Waals surface area contributed by atoms with Gasteiger partial charge in [-0.25, -0.2) is 14.4 Å². The summed E-state index contributed by atoms with van der Waals surface area (Å²) in [6, 6.07) is 7.89. The Kier molecular flexibility index (Phi) is 9.27. The lowest BCUT2D eigenvalue weighted by atomic mass is 10.0. The van der Waals surface area contributed by atoms with Gasteiger partial charge in [0.2, 0.25) is 0 Å². The predicted octanol–water partition coefficient (Wildman–Crippen LogP) is 2.93. The first kappa shape index (κ1) is 23.3. The minimum atomic E-state index is -0.774. The highest BCUT2D eigenvalue weighted by Gasteiger charge is 2.27. The summed E-state index contributed by atoms with van der Waals surface area (Å²) >= 11 is 0. The summed E-state index contributed by atoms with van der Waals surface area (Å²) in [4.78, 5) is 36.0. The molecule has 0 fully saturated rings. The molecule has 8 heteroatoms. The second kappa shape index (κ2) is 11.2. The van der Waals surface area contributed by atoms with Crippen molar-refractivity contribution >= 4 is 18.1 Å². The van der Waals surface area contributed by atoms with Crippen molar-refractivity contribution in [2.45, 2.75) is 59.3 Å². The summed E-state index contributed by atoms with van der Waals surface area (Å²) in [6.07, 6.45) is -0.218. The topological polar surface area (TPSA) is 106 Å². The van der Waals surface area contributed by atoms with Crippen molar-refractivity contribution in [2.24, 2.45) is 5.92 Å². The van der Waals surface area contributed by atoms with Crippen LogP contribution in [0.15, 0.2) is 30.3 Å². The number of esters is 1. The SMILES string of the molecule is CC(C)C[C@H](NC(=O)NCNC(=O)OCc1ccccc1)C(=O)OC(C)(C)C. The third-order valence-electron chi connectivity index (χ3n) is 3.40. The fraction of sp³-hybridized carbons (Fsp3) is 0.550. The maximum atomic E-state index is 12.3. The quantitative estimate of drug-likeness (QED) is 0.465. The second-order valence-corrected chi connectivity index (χ2v) is 7.78. The van der Waals surface area contributed by atoms with Gasteiger partial charge in [-0.05, 0) is 38.7 Å². The molecular weight excluding hydrogens is 362 g/mol. The van der Waals surface area contributed by atoms with E-state index in [0.29, 0.717) is 6.42 Å². The first-order chi connectivity index (χ1) is 13.1. The van der Waals surface area contributed by atoms with Gasteiger partial charge >= 0.3 is 18.1 Å². The fourth-order valence-corrected chi connectivity index (χ4v) is 2.24. The Hall–Kier alpha value is -2.77. The molecule has 156 valence electrons. The molecule has 3 amide bonds. The lowest BCUT2D eigenvalue weighted by Gasteiger charge is -2.25. The molecule has 1 aromatic carbocycles. The molecule has 1 aromatic rings. The molecule has 0 radical (unpaired) electrons. The minimum absolute atomic E-state index is 0.133. The van der Waals surface area contributed by atoms with Gasteiger partial charge in [0.05, 0.1) is 6.67 Å². The van der Waals surface area contributed by atoms with Crippen LogP contribution in [0.2, 0.25) is 0 Å². The number of nitrogens with one attached hydrogen (secondary N) is 3. The molecule has 8 nitrogen and oxygen atoms in total. The van der Waals surface area contributed by atoms with Crippen molar-refractivity contribution in [3.8, 4) is 0 Å². The van der Waals surface area contributed by atoms with Gasteiger partial charge in [-0.2, -0.15) is 0 Å². The van der Waals surface area contributed by atoms with Crippen molar-refractivity contribution in [3.63, 3.8) is 0 Å². The molecule has 0 aliphatic carbocycles. The van der Waals surface area contributed by atoms with Crippen molar-refractivity contribution in [1.82, 2.24) is 16.0 Å². The Bertz CT molecular complexity index is 641.